The van der Waals surface area contributed by atoms with E-state index < -0.39 is 5.60 Å². The van der Waals surface area contributed by atoms with Gasteiger partial charge in [0.05, 0.1) is 25.3 Å². The molecular weight excluding hydrogens is 406 g/mol. The molecule has 170 valence electrons. The van der Waals surface area contributed by atoms with Gasteiger partial charge in [0.1, 0.15) is 23.2 Å². The highest BCUT2D eigenvalue weighted by Crippen LogP contribution is 2.29. The highest BCUT2D eigenvalue weighted by Gasteiger charge is 2.43. The molecule has 1 amide bonds. The van der Waals surface area contributed by atoms with Crippen LogP contribution in [0.5, 0.6) is 0 Å². The molecule has 0 radical (unpaired) electrons. The molecule has 2 aromatic heterocycles. The Balaban J connectivity index is 0.00000141. The van der Waals surface area contributed by atoms with Gasteiger partial charge in [-0.25, -0.2) is 14.8 Å². The molecule has 0 bridgehead atoms. The molecule has 8 nitrogen and oxygen atoms in total. The van der Waals surface area contributed by atoms with Crippen LogP contribution in [0.2, 0.25) is 0 Å². The molecule has 8 heteroatoms. The van der Waals surface area contributed by atoms with Gasteiger partial charge in [-0.05, 0) is 50.6 Å². The second kappa shape index (κ2) is 9.96. The summed E-state index contributed by atoms with van der Waals surface area (Å²) in [5, 5.41) is 9.05. The molecule has 0 aromatic carbocycles. The molecule has 0 spiro atoms. The summed E-state index contributed by atoms with van der Waals surface area (Å²) >= 11 is 0. The Morgan fingerprint density at radius 1 is 1.19 bits per heavy atom. The number of nitriles is 1. The van der Waals surface area contributed by atoms with Gasteiger partial charge in [-0.15, -0.1) is 0 Å². The van der Waals surface area contributed by atoms with Crippen molar-refractivity contribution in [3.05, 3.63) is 42.4 Å². The van der Waals surface area contributed by atoms with E-state index in [2.05, 4.69) is 20.9 Å². The van der Waals surface area contributed by atoms with Crippen molar-refractivity contribution in [2.45, 2.75) is 52.4 Å². The zero-order chi connectivity index (χ0) is 23.3. The lowest BCUT2D eigenvalue weighted by atomic mass is 10.1. The van der Waals surface area contributed by atoms with Crippen LogP contribution in [0.25, 0.3) is 11.1 Å². The second-order valence-electron chi connectivity index (χ2n) is 8.50. The van der Waals surface area contributed by atoms with Crippen molar-refractivity contribution in [1.82, 2.24) is 14.9 Å². The number of pyridine rings is 2. The SMILES string of the molecule is CC.CC(C)(C)OC(=O)N1CC2OCCN(c3ccc(-c4ccnc(C#N)c4)cn3)C2C1. The summed E-state index contributed by atoms with van der Waals surface area (Å²) in [6.07, 6.45) is 3.05. The fourth-order valence-electron chi connectivity index (χ4n) is 3.85. The third-order valence-electron chi connectivity index (χ3n) is 5.20. The number of amides is 1. The second-order valence-corrected chi connectivity index (χ2v) is 8.50. The fraction of sp³-hybridized carbons (Fsp3) is 0.500. The van der Waals surface area contributed by atoms with Gasteiger partial charge in [0, 0.05) is 31.0 Å². The van der Waals surface area contributed by atoms with Crippen molar-refractivity contribution in [1.29, 1.82) is 5.26 Å². The lowest BCUT2D eigenvalue weighted by Crippen LogP contribution is -2.51. The third-order valence-corrected chi connectivity index (χ3v) is 5.20. The number of ether oxygens (including phenoxy) is 2. The molecule has 4 rings (SSSR count). The number of hydrogen-bond donors (Lipinski definition) is 0. The van der Waals surface area contributed by atoms with Crippen molar-refractivity contribution in [3.8, 4) is 17.2 Å². The number of likely N-dealkylation sites (tertiary alicyclic amines) is 1. The Hall–Kier alpha value is -3.18. The third kappa shape index (κ3) is 5.35. The predicted octanol–water partition coefficient (Wildman–Crippen LogP) is 3.87. The molecular formula is C24H31N5O3. The van der Waals surface area contributed by atoms with E-state index in [-0.39, 0.29) is 18.2 Å². The standard InChI is InChI=1S/C22H25N5O3.C2H6/c1-22(2,3)30-21(28)26-13-18-19(14-26)29-9-8-27(18)20-5-4-16(12-25-20)15-6-7-24-17(10-15)11-23;1-2/h4-7,10,12,18-19H,8-9,13-14H2,1-3H3;1-2H3. The first-order valence-corrected chi connectivity index (χ1v) is 11.0. The Bertz CT molecular complexity index is 965. The fourth-order valence-corrected chi connectivity index (χ4v) is 3.85. The van der Waals surface area contributed by atoms with Crippen LogP contribution in [0.3, 0.4) is 0 Å². The number of aromatic nitrogens is 2. The van der Waals surface area contributed by atoms with Crippen molar-refractivity contribution < 1.29 is 14.3 Å². The van der Waals surface area contributed by atoms with Crippen LogP contribution in [0.15, 0.2) is 36.7 Å². The molecule has 0 saturated carbocycles. The normalized spacial score (nSPS) is 20.0. The van der Waals surface area contributed by atoms with E-state index in [0.29, 0.717) is 31.9 Å². The average Bonchev–Trinajstić information content (AvgIpc) is 3.24. The zero-order valence-electron chi connectivity index (χ0n) is 19.4. The minimum Gasteiger partial charge on any atom is -0.444 e. The minimum atomic E-state index is -0.527. The topological polar surface area (TPSA) is 91.6 Å². The summed E-state index contributed by atoms with van der Waals surface area (Å²) < 4.78 is 11.4. The number of hydrogen-bond acceptors (Lipinski definition) is 7. The number of morpholine rings is 1. The molecule has 2 fully saturated rings. The van der Waals surface area contributed by atoms with Gasteiger partial charge in [0.25, 0.3) is 0 Å². The molecule has 32 heavy (non-hydrogen) atoms. The number of nitrogens with zero attached hydrogens (tertiary/aromatic N) is 5. The first-order chi connectivity index (χ1) is 15.3. The Morgan fingerprint density at radius 3 is 2.62 bits per heavy atom. The molecule has 4 heterocycles. The summed E-state index contributed by atoms with van der Waals surface area (Å²) in [4.78, 5) is 25.1. The van der Waals surface area contributed by atoms with Crippen molar-refractivity contribution in [2.75, 3.05) is 31.1 Å². The van der Waals surface area contributed by atoms with Crippen LogP contribution >= 0.6 is 0 Å². The highest BCUT2D eigenvalue weighted by molar-refractivity contribution is 5.69. The lowest BCUT2D eigenvalue weighted by Gasteiger charge is -2.37. The van der Waals surface area contributed by atoms with Crippen LogP contribution < -0.4 is 4.90 Å². The van der Waals surface area contributed by atoms with Gasteiger partial charge in [0.2, 0.25) is 0 Å². The van der Waals surface area contributed by atoms with E-state index in [9.17, 15) is 4.79 Å². The van der Waals surface area contributed by atoms with E-state index in [4.69, 9.17) is 14.7 Å². The first kappa shape index (κ1) is 23.5. The van der Waals surface area contributed by atoms with Crippen molar-refractivity contribution in [3.63, 3.8) is 0 Å². The maximum Gasteiger partial charge on any atom is 0.410 e. The van der Waals surface area contributed by atoms with E-state index in [0.717, 1.165) is 16.9 Å². The molecule has 0 aliphatic carbocycles. The van der Waals surface area contributed by atoms with Gasteiger partial charge in [-0.1, -0.05) is 13.8 Å². The maximum absolute atomic E-state index is 12.5. The smallest absolute Gasteiger partial charge is 0.410 e. The minimum absolute atomic E-state index is 0.0377. The van der Waals surface area contributed by atoms with Gasteiger partial charge >= 0.3 is 6.09 Å². The van der Waals surface area contributed by atoms with Crippen LogP contribution in [0.1, 0.15) is 40.3 Å². The van der Waals surface area contributed by atoms with Crippen molar-refractivity contribution in [2.24, 2.45) is 0 Å². The predicted molar refractivity (Wildman–Crippen MR) is 122 cm³/mol. The molecule has 2 aromatic rings. The quantitative estimate of drug-likeness (QED) is 0.704. The average molecular weight is 438 g/mol. The van der Waals surface area contributed by atoms with E-state index in [1.807, 2.05) is 52.8 Å². The number of rotatable bonds is 2. The number of anilines is 1. The Kier molecular flexibility index (Phi) is 7.31. The molecule has 0 N–H and O–H groups in total. The van der Waals surface area contributed by atoms with Crippen molar-refractivity contribution >= 4 is 11.9 Å². The number of carbonyl (C=O) groups is 1. The van der Waals surface area contributed by atoms with Gasteiger partial charge in [0.15, 0.2) is 0 Å². The first-order valence-electron chi connectivity index (χ1n) is 11.0. The van der Waals surface area contributed by atoms with E-state index >= 15 is 0 Å². The molecule has 2 atom stereocenters. The van der Waals surface area contributed by atoms with Crippen LogP contribution in [-0.4, -0.2) is 64.9 Å². The lowest BCUT2D eigenvalue weighted by molar-refractivity contribution is 0.0162. The Labute approximate surface area is 189 Å². The van der Waals surface area contributed by atoms with Gasteiger partial charge in [-0.3, -0.25) is 0 Å². The number of carbonyl (C=O) groups excluding carboxylic acids is 1. The largest absolute Gasteiger partial charge is 0.444 e. The van der Waals surface area contributed by atoms with Crippen LogP contribution in [-0.2, 0) is 9.47 Å². The number of fused-ring (bicyclic) bond motifs is 1. The molecule has 2 aliphatic rings. The monoisotopic (exact) mass is 437 g/mol. The van der Waals surface area contributed by atoms with Crippen LogP contribution in [0, 0.1) is 11.3 Å². The highest BCUT2D eigenvalue weighted by atomic mass is 16.6. The van der Waals surface area contributed by atoms with Gasteiger partial charge in [-0.2, -0.15) is 5.26 Å². The Morgan fingerprint density at radius 2 is 1.97 bits per heavy atom. The van der Waals surface area contributed by atoms with E-state index in [1.165, 1.54) is 0 Å². The van der Waals surface area contributed by atoms with Crippen LogP contribution in [0.4, 0.5) is 10.6 Å². The zero-order valence-corrected chi connectivity index (χ0v) is 19.4. The maximum atomic E-state index is 12.5. The van der Waals surface area contributed by atoms with Gasteiger partial charge < -0.3 is 19.3 Å². The molecule has 2 aliphatic heterocycles. The molecule has 2 unspecified atom stereocenters. The summed E-state index contributed by atoms with van der Waals surface area (Å²) in [7, 11) is 0. The summed E-state index contributed by atoms with van der Waals surface area (Å²) in [5.41, 5.74) is 1.67. The summed E-state index contributed by atoms with van der Waals surface area (Å²) in [5.74, 6) is 0.845. The van der Waals surface area contributed by atoms with E-state index in [1.54, 1.807) is 23.4 Å². The summed E-state index contributed by atoms with van der Waals surface area (Å²) in [6.45, 7) is 12.0. The summed E-state index contributed by atoms with van der Waals surface area (Å²) in [6, 6.07) is 9.66. The molecule has 2 saturated heterocycles.